The van der Waals surface area contributed by atoms with Crippen LogP contribution in [0.3, 0.4) is 0 Å². The lowest BCUT2D eigenvalue weighted by Gasteiger charge is -2.13. The molecule has 1 aromatic heterocycles. The van der Waals surface area contributed by atoms with E-state index in [1.165, 1.54) is 13.1 Å². The van der Waals surface area contributed by atoms with Crippen LogP contribution in [0, 0.1) is 0 Å². The van der Waals surface area contributed by atoms with Gasteiger partial charge in [-0.2, -0.15) is 0 Å². The third kappa shape index (κ3) is 3.69. The van der Waals surface area contributed by atoms with Crippen molar-refractivity contribution in [1.29, 1.82) is 0 Å². The Morgan fingerprint density at radius 3 is 2.60 bits per heavy atom. The van der Waals surface area contributed by atoms with Crippen LogP contribution in [0.1, 0.15) is 54.3 Å². The molecule has 0 saturated heterocycles. The molecular weight excluding hydrogens is 260 g/mol. The van der Waals surface area contributed by atoms with Crippen molar-refractivity contribution in [2.24, 2.45) is 0 Å². The van der Waals surface area contributed by atoms with Crippen molar-refractivity contribution >= 4 is 17.4 Å². The quantitative estimate of drug-likeness (QED) is 0.453. The van der Waals surface area contributed by atoms with Crippen LogP contribution in [0.4, 0.5) is 5.69 Å². The van der Waals surface area contributed by atoms with Gasteiger partial charge in [-0.1, -0.05) is 13.3 Å². The molecule has 1 rings (SSSR count). The smallest absolute Gasteiger partial charge is 0.341 e. The average molecular weight is 280 g/mol. The fourth-order valence-electron chi connectivity index (χ4n) is 1.81. The van der Waals surface area contributed by atoms with Gasteiger partial charge in [0.05, 0.1) is 17.9 Å². The number of Topliss-reactive ketones (excluding diaryl/α,β-unsaturated/α-hetero) is 1. The monoisotopic (exact) mass is 280 g/mol. The minimum Gasteiger partial charge on any atom is -0.462 e. The van der Waals surface area contributed by atoms with Crippen molar-refractivity contribution in [3.8, 4) is 0 Å². The molecule has 6 heteroatoms. The second kappa shape index (κ2) is 7.47. The summed E-state index contributed by atoms with van der Waals surface area (Å²) < 4.78 is 4.94. The fraction of sp³-hybridized carbons (Fsp3) is 0.500. The lowest BCUT2D eigenvalue weighted by molar-refractivity contribution is 0.0527. The van der Waals surface area contributed by atoms with Gasteiger partial charge in [-0.25, -0.2) is 4.79 Å². The number of aromatic amines is 1. The summed E-state index contributed by atoms with van der Waals surface area (Å²) in [7, 11) is 0. The van der Waals surface area contributed by atoms with E-state index in [2.05, 4.69) is 10.3 Å². The largest absolute Gasteiger partial charge is 0.462 e. The zero-order valence-corrected chi connectivity index (χ0v) is 12.0. The number of H-pyrrole nitrogens is 1. The first-order valence-electron chi connectivity index (χ1n) is 6.70. The van der Waals surface area contributed by atoms with Gasteiger partial charge in [0.1, 0.15) is 5.56 Å². The zero-order valence-electron chi connectivity index (χ0n) is 12.0. The van der Waals surface area contributed by atoms with Crippen molar-refractivity contribution in [3.63, 3.8) is 0 Å². The summed E-state index contributed by atoms with van der Waals surface area (Å²) >= 11 is 0. The molecule has 0 fully saturated rings. The van der Waals surface area contributed by atoms with Gasteiger partial charge in [-0.15, -0.1) is 0 Å². The second-order valence-corrected chi connectivity index (χ2v) is 4.34. The number of hydrogen-bond acceptors (Lipinski definition) is 5. The number of pyridine rings is 1. The molecule has 0 saturated carbocycles. The summed E-state index contributed by atoms with van der Waals surface area (Å²) in [5.74, 6) is -0.957. The number of nitrogens with one attached hydrogen (secondary N) is 2. The second-order valence-electron chi connectivity index (χ2n) is 4.34. The molecule has 20 heavy (non-hydrogen) atoms. The Kier molecular flexibility index (Phi) is 5.96. The van der Waals surface area contributed by atoms with E-state index in [9.17, 15) is 14.4 Å². The molecule has 110 valence electrons. The zero-order chi connectivity index (χ0) is 15.1. The highest BCUT2D eigenvalue weighted by Gasteiger charge is 2.21. The van der Waals surface area contributed by atoms with Crippen molar-refractivity contribution in [2.75, 3.05) is 18.5 Å². The number of aromatic nitrogens is 1. The molecule has 0 aliphatic carbocycles. The van der Waals surface area contributed by atoms with E-state index in [1.54, 1.807) is 6.92 Å². The highest BCUT2D eigenvalue weighted by molar-refractivity contribution is 6.05. The number of anilines is 1. The van der Waals surface area contributed by atoms with Gasteiger partial charge in [0, 0.05) is 12.7 Å². The van der Waals surface area contributed by atoms with Crippen LogP contribution >= 0.6 is 0 Å². The Hall–Kier alpha value is -2.11. The number of unbranched alkanes of at least 4 members (excludes halogenated alkanes) is 1. The van der Waals surface area contributed by atoms with Crippen LogP contribution < -0.4 is 10.9 Å². The Bertz CT molecular complexity index is 549. The summed E-state index contributed by atoms with van der Waals surface area (Å²) in [4.78, 5) is 37.7. The Balaban J connectivity index is 3.28. The van der Waals surface area contributed by atoms with E-state index < -0.39 is 17.3 Å². The summed E-state index contributed by atoms with van der Waals surface area (Å²) in [6.07, 6.45) is 3.10. The summed E-state index contributed by atoms with van der Waals surface area (Å²) in [5, 5.41) is 3.00. The van der Waals surface area contributed by atoms with Crippen LogP contribution in [0.15, 0.2) is 11.0 Å². The molecule has 0 aliphatic rings. The van der Waals surface area contributed by atoms with Crippen LogP contribution in [0.25, 0.3) is 0 Å². The molecule has 6 nitrogen and oxygen atoms in total. The lowest BCUT2D eigenvalue weighted by Crippen LogP contribution is -2.23. The summed E-state index contributed by atoms with van der Waals surface area (Å²) in [6, 6.07) is 0. The summed E-state index contributed by atoms with van der Waals surface area (Å²) in [5.41, 5.74) is -0.114. The number of carbonyl (C=O) groups is 2. The molecule has 0 unspecified atom stereocenters. The van der Waals surface area contributed by atoms with Crippen molar-refractivity contribution in [1.82, 2.24) is 4.98 Å². The molecule has 0 bridgehead atoms. The Labute approximate surface area is 117 Å². The maximum Gasteiger partial charge on any atom is 0.341 e. The van der Waals surface area contributed by atoms with Crippen LogP contribution in [0.5, 0.6) is 0 Å². The highest BCUT2D eigenvalue weighted by atomic mass is 16.5. The fourth-order valence-corrected chi connectivity index (χ4v) is 1.81. The predicted molar refractivity (Wildman–Crippen MR) is 76.4 cm³/mol. The van der Waals surface area contributed by atoms with Crippen molar-refractivity contribution < 1.29 is 14.3 Å². The average Bonchev–Trinajstić information content (AvgIpc) is 2.38. The van der Waals surface area contributed by atoms with Crippen LogP contribution in [-0.4, -0.2) is 29.9 Å². The van der Waals surface area contributed by atoms with Crippen LogP contribution in [0.2, 0.25) is 0 Å². The summed E-state index contributed by atoms with van der Waals surface area (Å²) in [6.45, 7) is 5.82. The number of hydrogen-bond donors (Lipinski definition) is 2. The molecule has 1 aromatic rings. The maximum absolute atomic E-state index is 11.9. The van der Waals surface area contributed by atoms with E-state index in [1.807, 2.05) is 6.92 Å². The molecule has 0 radical (unpaired) electrons. The molecule has 1 heterocycles. The third-order valence-corrected chi connectivity index (χ3v) is 2.77. The molecular formula is C14H20N2O4. The number of esters is 1. The first-order chi connectivity index (χ1) is 9.52. The van der Waals surface area contributed by atoms with Gasteiger partial charge in [-0.3, -0.25) is 9.59 Å². The van der Waals surface area contributed by atoms with E-state index in [0.29, 0.717) is 6.54 Å². The van der Waals surface area contributed by atoms with Gasteiger partial charge in [0.2, 0.25) is 0 Å². The minimum atomic E-state index is -0.565. The number of ketones is 1. The number of carbonyl (C=O) groups excluding carboxylic acids is 2. The normalized spacial score (nSPS) is 10.2. The SMILES string of the molecule is CCCCNc1c(C(=O)OCC)c[nH]c(=O)c1C(C)=O. The van der Waals surface area contributed by atoms with Gasteiger partial charge < -0.3 is 15.0 Å². The Morgan fingerprint density at radius 2 is 2.05 bits per heavy atom. The van der Waals surface area contributed by atoms with Gasteiger partial charge >= 0.3 is 5.97 Å². The lowest BCUT2D eigenvalue weighted by atomic mass is 10.1. The first kappa shape index (κ1) is 15.9. The van der Waals surface area contributed by atoms with E-state index >= 15 is 0 Å². The van der Waals surface area contributed by atoms with Crippen molar-refractivity contribution in [3.05, 3.63) is 27.7 Å². The van der Waals surface area contributed by atoms with E-state index in [0.717, 1.165) is 12.8 Å². The maximum atomic E-state index is 11.9. The van der Waals surface area contributed by atoms with Crippen molar-refractivity contribution in [2.45, 2.75) is 33.6 Å². The molecule has 2 N–H and O–H groups in total. The minimum absolute atomic E-state index is 0.0355. The molecule has 0 aromatic carbocycles. The molecule has 0 spiro atoms. The van der Waals surface area contributed by atoms with Gasteiger partial charge in [0.25, 0.3) is 5.56 Å². The first-order valence-corrected chi connectivity index (χ1v) is 6.70. The predicted octanol–water partition coefficient (Wildman–Crippen LogP) is 1.97. The van der Waals surface area contributed by atoms with Gasteiger partial charge in [0.15, 0.2) is 5.78 Å². The van der Waals surface area contributed by atoms with Gasteiger partial charge in [-0.05, 0) is 20.3 Å². The standard InChI is InChI=1S/C14H20N2O4/c1-4-6-7-15-12-10(14(19)20-5-2)8-16-13(18)11(12)9(3)17/h8H,4-7H2,1-3H3,(H2,15,16,18). The number of ether oxygens (including phenoxy) is 1. The molecule has 0 atom stereocenters. The molecule has 0 amide bonds. The molecule has 0 aliphatic heterocycles. The van der Waals surface area contributed by atoms with E-state index in [4.69, 9.17) is 4.74 Å². The van der Waals surface area contributed by atoms with Crippen LogP contribution in [-0.2, 0) is 4.74 Å². The third-order valence-electron chi connectivity index (χ3n) is 2.77. The van der Waals surface area contributed by atoms with E-state index in [-0.39, 0.29) is 23.4 Å². The topological polar surface area (TPSA) is 88.3 Å². The number of rotatable bonds is 7. The highest BCUT2D eigenvalue weighted by Crippen LogP contribution is 2.19. The Morgan fingerprint density at radius 1 is 1.35 bits per heavy atom.